The van der Waals surface area contributed by atoms with Crippen LogP contribution in [0, 0.1) is 0 Å². The molecule has 29 heavy (non-hydrogen) atoms. The quantitative estimate of drug-likeness (QED) is 0.530. The first-order valence-corrected chi connectivity index (χ1v) is 8.76. The second kappa shape index (κ2) is 6.93. The molecule has 0 aliphatic heterocycles. The van der Waals surface area contributed by atoms with Crippen LogP contribution in [0.2, 0.25) is 5.15 Å². The van der Waals surface area contributed by atoms with Crippen molar-refractivity contribution in [1.29, 1.82) is 0 Å². The second-order valence-corrected chi connectivity index (χ2v) is 6.67. The molecule has 0 atom stereocenters. The number of nitrogens with one attached hydrogen (secondary N) is 2. The Morgan fingerprint density at radius 3 is 2.59 bits per heavy atom. The van der Waals surface area contributed by atoms with Crippen LogP contribution >= 0.6 is 11.6 Å². The first-order chi connectivity index (χ1) is 13.7. The lowest BCUT2D eigenvalue weighted by atomic mass is 10.0. The lowest BCUT2D eigenvalue weighted by Gasteiger charge is -2.08. The molecule has 2 heterocycles. The maximum absolute atomic E-state index is 12.4. The number of carbonyl (C=O) groups excluding carboxylic acids is 1. The summed E-state index contributed by atoms with van der Waals surface area (Å²) in [6.45, 7) is -0.552. The van der Waals surface area contributed by atoms with Gasteiger partial charge < -0.3 is 5.32 Å². The minimum atomic E-state index is -5.02. The summed E-state index contributed by atoms with van der Waals surface area (Å²) in [5, 5.41) is 6.50. The Bertz CT molecular complexity index is 1310. The molecule has 4 aromatic rings. The topological polar surface area (TPSA) is 79.3 Å². The van der Waals surface area contributed by atoms with Gasteiger partial charge in [-0.15, -0.1) is 0 Å². The molecule has 0 unspecified atom stereocenters. The van der Waals surface area contributed by atoms with Crippen LogP contribution in [0.3, 0.4) is 0 Å². The summed E-state index contributed by atoms with van der Waals surface area (Å²) in [7, 11) is 0. The Kier molecular flexibility index (Phi) is 4.54. The summed E-state index contributed by atoms with van der Waals surface area (Å²) in [6.07, 6.45) is -5.02. The zero-order valence-corrected chi connectivity index (χ0v) is 15.3. The summed E-state index contributed by atoms with van der Waals surface area (Å²) in [5.41, 5.74) is 0.661. The van der Waals surface area contributed by atoms with Crippen molar-refractivity contribution in [2.45, 2.75) is 12.7 Å². The SMILES string of the molecule is O=C(NCc1cc(=O)n2[nH]c(Cl)c(-c3ccc4ccccc4c3)c2n1)C(F)(F)F. The van der Waals surface area contributed by atoms with Crippen molar-refractivity contribution >= 4 is 33.9 Å². The number of aromatic amines is 1. The standard InChI is InChI=1S/C19H12ClF3N4O2/c20-16-15(12-6-5-10-3-1-2-4-11(10)7-12)17-25-13(8-14(28)27(17)26-16)9-24-18(29)19(21,22)23/h1-8,26H,9H2,(H,24,29). The van der Waals surface area contributed by atoms with Gasteiger partial charge in [0.2, 0.25) is 0 Å². The molecule has 2 aromatic heterocycles. The van der Waals surface area contributed by atoms with Crippen LogP contribution in [-0.2, 0) is 11.3 Å². The lowest BCUT2D eigenvalue weighted by molar-refractivity contribution is -0.173. The fourth-order valence-electron chi connectivity index (χ4n) is 3.02. The van der Waals surface area contributed by atoms with E-state index >= 15 is 0 Å². The highest BCUT2D eigenvalue weighted by Crippen LogP contribution is 2.32. The number of nitrogens with zero attached hydrogens (tertiary/aromatic N) is 2. The molecule has 10 heteroatoms. The van der Waals surface area contributed by atoms with Gasteiger partial charge in [0, 0.05) is 6.07 Å². The second-order valence-electron chi connectivity index (χ2n) is 6.29. The Hall–Kier alpha value is -3.33. The molecule has 0 saturated carbocycles. The van der Waals surface area contributed by atoms with Gasteiger partial charge in [0.15, 0.2) is 5.65 Å². The highest BCUT2D eigenvalue weighted by Gasteiger charge is 2.38. The van der Waals surface area contributed by atoms with Crippen molar-refractivity contribution in [2.75, 3.05) is 0 Å². The number of amides is 1. The number of fused-ring (bicyclic) bond motifs is 2. The van der Waals surface area contributed by atoms with Crippen LogP contribution in [-0.4, -0.2) is 26.7 Å². The molecule has 2 aromatic carbocycles. The van der Waals surface area contributed by atoms with Gasteiger partial charge in [0.25, 0.3) is 5.56 Å². The Morgan fingerprint density at radius 2 is 1.86 bits per heavy atom. The summed E-state index contributed by atoms with van der Waals surface area (Å²) in [5.74, 6) is -2.11. The predicted octanol–water partition coefficient (Wildman–Crippen LogP) is 3.67. The largest absolute Gasteiger partial charge is 0.471 e. The Labute approximate surface area is 165 Å². The number of benzene rings is 2. The fourth-order valence-corrected chi connectivity index (χ4v) is 3.30. The van der Waals surface area contributed by atoms with Gasteiger partial charge in [-0.3, -0.25) is 14.7 Å². The molecular formula is C19H12ClF3N4O2. The van der Waals surface area contributed by atoms with E-state index in [4.69, 9.17) is 11.6 Å². The first kappa shape index (κ1) is 19.0. The van der Waals surface area contributed by atoms with Crippen LogP contribution in [0.15, 0.2) is 53.3 Å². The van der Waals surface area contributed by atoms with Gasteiger partial charge in [-0.1, -0.05) is 48.0 Å². The molecule has 2 N–H and O–H groups in total. The third kappa shape index (κ3) is 3.56. The van der Waals surface area contributed by atoms with Crippen LogP contribution in [0.25, 0.3) is 27.5 Å². The Balaban J connectivity index is 1.80. The maximum atomic E-state index is 12.4. The highest BCUT2D eigenvalue weighted by atomic mass is 35.5. The third-order valence-corrected chi connectivity index (χ3v) is 4.62. The van der Waals surface area contributed by atoms with E-state index in [1.54, 1.807) is 5.32 Å². The predicted molar refractivity (Wildman–Crippen MR) is 102 cm³/mol. The van der Waals surface area contributed by atoms with Crippen LogP contribution in [0.1, 0.15) is 5.69 Å². The fraction of sp³-hybridized carbons (Fsp3) is 0.105. The van der Waals surface area contributed by atoms with Crippen molar-refractivity contribution < 1.29 is 18.0 Å². The average molecular weight is 421 g/mol. The van der Waals surface area contributed by atoms with E-state index in [-0.39, 0.29) is 16.5 Å². The zero-order valence-electron chi connectivity index (χ0n) is 14.5. The minimum absolute atomic E-state index is 0.0229. The number of carbonyl (C=O) groups is 1. The monoisotopic (exact) mass is 420 g/mol. The summed E-state index contributed by atoms with van der Waals surface area (Å²) >= 11 is 6.29. The minimum Gasteiger partial charge on any atom is -0.343 e. The van der Waals surface area contributed by atoms with Crippen molar-refractivity contribution in [3.8, 4) is 11.1 Å². The average Bonchev–Trinajstić information content (AvgIpc) is 3.01. The molecule has 0 bridgehead atoms. The Morgan fingerprint density at radius 1 is 1.14 bits per heavy atom. The highest BCUT2D eigenvalue weighted by molar-refractivity contribution is 6.33. The number of hydrogen-bond acceptors (Lipinski definition) is 3. The molecule has 0 spiro atoms. The number of aromatic nitrogens is 3. The van der Waals surface area contributed by atoms with E-state index in [1.165, 1.54) is 0 Å². The van der Waals surface area contributed by atoms with Crippen molar-refractivity contribution in [1.82, 2.24) is 19.9 Å². The van der Waals surface area contributed by atoms with Crippen molar-refractivity contribution in [3.63, 3.8) is 0 Å². The van der Waals surface area contributed by atoms with E-state index in [0.717, 1.165) is 21.4 Å². The number of alkyl halides is 3. The molecule has 0 radical (unpaired) electrons. The van der Waals surface area contributed by atoms with Crippen LogP contribution in [0.5, 0.6) is 0 Å². The first-order valence-electron chi connectivity index (χ1n) is 8.38. The molecule has 0 saturated heterocycles. The van der Waals surface area contributed by atoms with E-state index in [1.807, 2.05) is 42.5 Å². The van der Waals surface area contributed by atoms with Crippen molar-refractivity contribution in [2.24, 2.45) is 0 Å². The number of halogens is 4. The summed E-state index contributed by atoms with van der Waals surface area (Å²) in [6, 6.07) is 14.2. The molecule has 148 valence electrons. The van der Waals surface area contributed by atoms with Gasteiger partial charge in [-0.2, -0.15) is 17.7 Å². The van der Waals surface area contributed by atoms with E-state index in [0.29, 0.717) is 11.1 Å². The van der Waals surface area contributed by atoms with Crippen LogP contribution < -0.4 is 10.9 Å². The molecular weight excluding hydrogens is 409 g/mol. The van der Waals surface area contributed by atoms with Gasteiger partial charge >= 0.3 is 12.1 Å². The molecule has 0 aliphatic carbocycles. The number of rotatable bonds is 3. The van der Waals surface area contributed by atoms with Gasteiger partial charge in [0.1, 0.15) is 5.15 Å². The summed E-state index contributed by atoms with van der Waals surface area (Å²) < 4.78 is 38.2. The molecule has 6 nitrogen and oxygen atoms in total. The van der Waals surface area contributed by atoms with Gasteiger partial charge in [-0.05, 0) is 22.4 Å². The zero-order chi connectivity index (χ0) is 20.8. The number of hydrogen-bond donors (Lipinski definition) is 2. The molecule has 4 rings (SSSR count). The maximum Gasteiger partial charge on any atom is 0.471 e. The van der Waals surface area contributed by atoms with Gasteiger partial charge in [0.05, 0.1) is 17.8 Å². The van der Waals surface area contributed by atoms with E-state index < -0.39 is 24.2 Å². The lowest BCUT2D eigenvalue weighted by Crippen LogP contribution is -2.36. The molecule has 0 fully saturated rings. The molecule has 1 amide bonds. The van der Waals surface area contributed by atoms with Gasteiger partial charge in [-0.25, -0.2) is 4.98 Å². The smallest absolute Gasteiger partial charge is 0.343 e. The van der Waals surface area contributed by atoms with E-state index in [2.05, 4.69) is 10.1 Å². The normalized spacial score (nSPS) is 11.9. The number of H-pyrrole nitrogens is 1. The van der Waals surface area contributed by atoms with Crippen molar-refractivity contribution in [3.05, 3.63) is 69.7 Å². The molecule has 0 aliphatic rings. The van der Waals surface area contributed by atoms with Crippen LogP contribution in [0.4, 0.5) is 13.2 Å². The summed E-state index contributed by atoms with van der Waals surface area (Å²) in [4.78, 5) is 27.6. The third-order valence-electron chi connectivity index (χ3n) is 4.35. The van der Waals surface area contributed by atoms with E-state index in [9.17, 15) is 22.8 Å².